The molecule has 0 N–H and O–H groups in total. The van der Waals surface area contributed by atoms with Gasteiger partial charge in [0.15, 0.2) is 5.60 Å². The van der Waals surface area contributed by atoms with Crippen molar-refractivity contribution < 1.29 is 24.0 Å². The number of hydrogen-bond acceptors (Lipinski definition) is 5. The van der Waals surface area contributed by atoms with Crippen LogP contribution in [0.2, 0.25) is 0 Å². The fraction of sp³-hybridized carbons (Fsp3) is 0.308. The summed E-state index contributed by atoms with van der Waals surface area (Å²) >= 11 is 0. The second-order valence-corrected chi connectivity index (χ2v) is 4.53. The maximum atomic E-state index is 12.1. The van der Waals surface area contributed by atoms with Gasteiger partial charge in [-0.3, -0.25) is 9.59 Å². The summed E-state index contributed by atoms with van der Waals surface area (Å²) in [7, 11) is 1.24. The number of carbonyl (C=O) groups is 3. The Morgan fingerprint density at radius 3 is 2.11 bits per heavy atom. The molecule has 0 bridgehead atoms. The average molecular weight is 261 g/mol. The van der Waals surface area contributed by atoms with Crippen molar-refractivity contribution >= 4 is 17.8 Å². The zero-order valence-electron chi connectivity index (χ0n) is 10.2. The molecule has 1 aliphatic heterocycles. The van der Waals surface area contributed by atoms with Crippen molar-refractivity contribution in [3.63, 3.8) is 0 Å². The molecule has 2 amide bonds. The molecular formula is C13H11NO5. The van der Waals surface area contributed by atoms with Gasteiger partial charge in [0.1, 0.15) is 0 Å². The summed E-state index contributed by atoms with van der Waals surface area (Å²) in [6.45, 7) is 0. The summed E-state index contributed by atoms with van der Waals surface area (Å²) in [5.41, 5.74) is -0.608. The van der Waals surface area contributed by atoms with E-state index < -0.39 is 23.4 Å². The molecule has 0 saturated heterocycles. The Labute approximate surface area is 108 Å². The molecule has 19 heavy (non-hydrogen) atoms. The lowest BCUT2D eigenvalue weighted by molar-refractivity contribution is -0.185. The van der Waals surface area contributed by atoms with Crippen LogP contribution in [0.15, 0.2) is 24.3 Å². The lowest BCUT2D eigenvalue weighted by Crippen LogP contribution is -2.40. The number of methoxy groups -OCH3 is 1. The Morgan fingerprint density at radius 2 is 1.68 bits per heavy atom. The fourth-order valence-corrected chi connectivity index (χ4v) is 2.06. The predicted molar refractivity (Wildman–Crippen MR) is 62.0 cm³/mol. The minimum Gasteiger partial charge on any atom is -0.467 e. The third-order valence-corrected chi connectivity index (χ3v) is 3.28. The van der Waals surface area contributed by atoms with E-state index in [0.29, 0.717) is 17.9 Å². The van der Waals surface area contributed by atoms with Crippen molar-refractivity contribution in [3.8, 4) is 0 Å². The normalized spacial score (nSPS) is 19.3. The molecule has 0 aromatic heterocycles. The second-order valence-electron chi connectivity index (χ2n) is 4.53. The number of fused-ring (bicyclic) bond motifs is 1. The number of hydrogen-bond donors (Lipinski definition) is 0. The van der Waals surface area contributed by atoms with Crippen LogP contribution >= 0.6 is 0 Å². The maximum Gasteiger partial charge on any atom is 0.340 e. The highest BCUT2D eigenvalue weighted by molar-refractivity contribution is 6.20. The van der Waals surface area contributed by atoms with E-state index in [9.17, 15) is 14.4 Å². The molecule has 0 spiro atoms. The zero-order chi connectivity index (χ0) is 13.6. The van der Waals surface area contributed by atoms with Crippen molar-refractivity contribution in [1.29, 1.82) is 0 Å². The molecule has 98 valence electrons. The minimum atomic E-state index is -1.18. The van der Waals surface area contributed by atoms with Crippen LogP contribution in [-0.4, -0.2) is 35.6 Å². The quantitative estimate of drug-likeness (QED) is 0.597. The van der Waals surface area contributed by atoms with Crippen LogP contribution in [0.25, 0.3) is 0 Å². The van der Waals surface area contributed by atoms with E-state index in [0.717, 1.165) is 0 Å². The molecule has 1 heterocycles. The number of nitrogens with zero attached hydrogens (tertiary/aromatic N) is 1. The van der Waals surface area contributed by atoms with E-state index in [2.05, 4.69) is 4.74 Å². The van der Waals surface area contributed by atoms with E-state index in [1.165, 1.54) is 7.11 Å². The Balaban J connectivity index is 1.87. The first-order valence-corrected chi connectivity index (χ1v) is 5.84. The van der Waals surface area contributed by atoms with Crippen LogP contribution in [-0.2, 0) is 14.4 Å². The molecule has 1 aromatic carbocycles. The van der Waals surface area contributed by atoms with Crippen molar-refractivity contribution in [1.82, 2.24) is 5.06 Å². The maximum absolute atomic E-state index is 12.1. The van der Waals surface area contributed by atoms with Crippen molar-refractivity contribution in [2.24, 2.45) is 0 Å². The molecule has 1 aliphatic carbocycles. The Morgan fingerprint density at radius 1 is 1.16 bits per heavy atom. The molecule has 1 fully saturated rings. The first kappa shape index (κ1) is 11.9. The van der Waals surface area contributed by atoms with E-state index in [1.54, 1.807) is 24.3 Å². The van der Waals surface area contributed by atoms with E-state index in [1.807, 2.05) is 0 Å². The second kappa shape index (κ2) is 3.89. The monoisotopic (exact) mass is 261 g/mol. The topological polar surface area (TPSA) is 72.9 Å². The molecule has 1 saturated carbocycles. The van der Waals surface area contributed by atoms with Crippen molar-refractivity contribution in [2.45, 2.75) is 18.4 Å². The predicted octanol–water partition coefficient (Wildman–Crippen LogP) is 0.920. The first-order chi connectivity index (χ1) is 9.09. The third kappa shape index (κ3) is 1.64. The number of imide groups is 1. The fourth-order valence-electron chi connectivity index (χ4n) is 2.06. The van der Waals surface area contributed by atoms with Crippen molar-refractivity contribution in [3.05, 3.63) is 35.4 Å². The Bertz CT molecular complexity index is 555. The van der Waals surface area contributed by atoms with Gasteiger partial charge >= 0.3 is 5.97 Å². The standard InChI is InChI=1S/C13H11NO5/c1-18-12(17)13(6-7-13)19-14-10(15)8-4-2-3-5-9(8)11(14)16/h2-5H,6-7H2,1H3. The summed E-state index contributed by atoms with van der Waals surface area (Å²) in [5, 5.41) is 0.661. The number of esters is 1. The number of carbonyl (C=O) groups excluding carboxylic acids is 3. The van der Waals surface area contributed by atoms with Gasteiger partial charge in [-0.05, 0) is 25.0 Å². The summed E-state index contributed by atoms with van der Waals surface area (Å²) in [4.78, 5) is 41.0. The molecule has 6 nitrogen and oxygen atoms in total. The van der Waals surface area contributed by atoms with Gasteiger partial charge in [-0.25, -0.2) is 9.63 Å². The smallest absolute Gasteiger partial charge is 0.340 e. The molecule has 2 aliphatic rings. The van der Waals surface area contributed by atoms with Gasteiger partial charge in [-0.15, -0.1) is 5.06 Å². The lowest BCUT2D eigenvalue weighted by Gasteiger charge is -2.19. The molecule has 3 rings (SSSR count). The van der Waals surface area contributed by atoms with E-state index >= 15 is 0 Å². The Hall–Kier alpha value is -2.21. The summed E-state index contributed by atoms with van der Waals surface area (Å²) in [6, 6.07) is 6.44. The van der Waals surface area contributed by atoms with E-state index in [4.69, 9.17) is 4.84 Å². The number of benzene rings is 1. The van der Waals surface area contributed by atoms with Crippen LogP contribution < -0.4 is 0 Å². The highest BCUT2D eigenvalue weighted by Gasteiger charge is 2.57. The highest BCUT2D eigenvalue weighted by atomic mass is 16.7. The molecule has 1 aromatic rings. The zero-order valence-corrected chi connectivity index (χ0v) is 10.2. The van der Waals surface area contributed by atoms with E-state index in [-0.39, 0.29) is 11.1 Å². The Kier molecular flexibility index (Phi) is 2.43. The van der Waals surface area contributed by atoms with Gasteiger partial charge < -0.3 is 4.74 Å². The number of hydroxylamine groups is 2. The number of ether oxygens (including phenoxy) is 1. The molecule has 0 radical (unpaired) electrons. The van der Waals surface area contributed by atoms with Crippen LogP contribution in [0.1, 0.15) is 33.6 Å². The van der Waals surface area contributed by atoms with Crippen LogP contribution in [0, 0.1) is 0 Å². The van der Waals surface area contributed by atoms with Crippen LogP contribution in [0.5, 0.6) is 0 Å². The largest absolute Gasteiger partial charge is 0.467 e. The van der Waals surface area contributed by atoms with Gasteiger partial charge in [-0.1, -0.05) is 12.1 Å². The highest BCUT2D eigenvalue weighted by Crippen LogP contribution is 2.42. The minimum absolute atomic E-state index is 0.285. The molecule has 0 unspecified atom stereocenters. The SMILES string of the molecule is COC(=O)C1(ON2C(=O)c3ccccc3C2=O)CC1. The lowest BCUT2D eigenvalue weighted by atomic mass is 10.1. The molecule has 0 atom stereocenters. The first-order valence-electron chi connectivity index (χ1n) is 5.84. The summed E-state index contributed by atoms with van der Waals surface area (Å²) in [6.07, 6.45) is 0.875. The number of rotatable bonds is 3. The third-order valence-electron chi connectivity index (χ3n) is 3.28. The van der Waals surface area contributed by atoms with Gasteiger partial charge in [0.25, 0.3) is 11.8 Å². The van der Waals surface area contributed by atoms with Crippen LogP contribution in [0.4, 0.5) is 0 Å². The average Bonchev–Trinajstić information content (AvgIpc) is 3.19. The molecular weight excluding hydrogens is 250 g/mol. The summed E-state index contributed by atoms with van der Waals surface area (Å²) < 4.78 is 4.62. The summed E-state index contributed by atoms with van der Waals surface area (Å²) in [5.74, 6) is -1.66. The van der Waals surface area contributed by atoms with Gasteiger partial charge in [0.2, 0.25) is 0 Å². The van der Waals surface area contributed by atoms with Gasteiger partial charge in [0.05, 0.1) is 18.2 Å². The molecule has 6 heteroatoms. The number of amides is 2. The van der Waals surface area contributed by atoms with Gasteiger partial charge in [0, 0.05) is 0 Å². The van der Waals surface area contributed by atoms with Crippen LogP contribution in [0.3, 0.4) is 0 Å². The van der Waals surface area contributed by atoms with Gasteiger partial charge in [-0.2, -0.15) is 0 Å². The van der Waals surface area contributed by atoms with Crippen molar-refractivity contribution in [2.75, 3.05) is 7.11 Å².